The first-order chi connectivity index (χ1) is 21.9. The normalized spacial score (nSPS) is 23.0. The number of benzene rings is 1. The van der Waals surface area contributed by atoms with Crippen LogP contribution in [0.15, 0.2) is 42.7 Å². The number of pyridine rings is 1. The van der Waals surface area contributed by atoms with Crippen molar-refractivity contribution in [3.8, 4) is 22.3 Å². The number of carbonyl (C=O) groups is 2. The number of ether oxygens (including phenoxy) is 2. The lowest BCUT2D eigenvalue weighted by Crippen LogP contribution is -2.42. The number of carbonyl (C=O) groups excluding carboxylic acids is 2. The summed E-state index contributed by atoms with van der Waals surface area (Å²) in [5, 5.41) is 13.3. The summed E-state index contributed by atoms with van der Waals surface area (Å²) in [6, 6.07) is 12.3. The minimum Gasteiger partial charge on any atom is -0.495 e. The van der Waals surface area contributed by atoms with Crippen LogP contribution in [0.1, 0.15) is 92.2 Å². The molecule has 0 saturated heterocycles. The van der Waals surface area contributed by atoms with Crippen LogP contribution in [0.2, 0.25) is 0 Å². The third kappa shape index (κ3) is 7.30. The molecule has 0 spiro atoms. The van der Waals surface area contributed by atoms with Crippen LogP contribution in [0.3, 0.4) is 0 Å². The van der Waals surface area contributed by atoms with E-state index in [1.54, 1.807) is 25.5 Å². The monoisotopic (exact) mass is 627 g/mol. The van der Waals surface area contributed by atoms with Crippen molar-refractivity contribution in [3.63, 3.8) is 0 Å². The minimum atomic E-state index is -0.422. The van der Waals surface area contributed by atoms with E-state index in [-0.39, 0.29) is 17.9 Å². The lowest BCUT2D eigenvalue weighted by molar-refractivity contribution is -0.124. The Balaban J connectivity index is 1.18. The summed E-state index contributed by atoms with van der Waals surface area (Å²) in [6.07, 6.45) is 12.3. The summed E-state index contributed by atoms with van der Waals surface area (Å²) >= 11 is 1.74. The van der Waals surface area contributed by atoms with Gasteiger partial charge in [0.25, 0.3) is 0 Å². The van der Waals surface area contributed by atoms with E-state index in [0.29, 0.717) is 67.1 Å². The highest BCUT2D eigenvalue weighted by Crippen LogP contribution is 2.44. The van der Waals surface area contributed by atoms with Crippen molar-refractivity contribution in [2.75, 3.05) is 25.6 Å². The quantitative estimate of drug-likeness (QED) is 0.267. The van der Waals surface area contributed by atoms with Gasteiger partial charge in [-0.15, -0.1) is 11.3 Å². The van der Waals surface area contributed by atoms with E-state index in [1.165, 1.54) is 23.4 Å². The Morgan fingerprint density at radius 2 is 1.76 bits per heavy atom. The average molecular weight is 628 g/mol. The number of amides is 2. The van der Waals surface area contributed by atoms with E-state index >= 15 is 0 Å². The zero-order valence-electron chi connectivity index (χ0n) is 26.0. The van der Waals surface area contributed by atoms with Crippen molar-refractivity contribution in [3.05, 3.63) is 58.9 Å². The fourth-order valence-electron chi connectivity index (χ4n) is 6.82. The van der Waals surface area contributed by atoms with Crippen LogP contribution in [0, 0.1) is 23.2 Å². The maximum atomic E-state index is 14.2. The Morgan fingerprint density at radius 3 is 2.44 bits per heavy atom. The Morgan fingerprint density at radius 1 is 1.00 bits per heavy atom. The molecule has 236 valence electrons. The average Bonchev–Trinajstić information content (AvgIpc) is 3.82. The van der Waals surface area contributed by atoms with Gasteiger partial charge in [0, 0.05) is 37.8 Å². The molecule has 2 heterocycles. The van der Waals surface area contributed by atoms with Crippen molar-refractivity contribution >= 4 is 29.2 Å². The highest BCUT2D eigenvalue weighted by molar-refractivity contribution is 7.15. The standard InChI is InChI=1S/C35H41N5O4S/c1-37-35(42)44-29-12-9-25(10-13-29)34(41)40(32-18-27(15-16-38-32)31-20-39-33(45-31)24-7-8-24)21-22-3-5-23(6-4-22)26-11-14-30(43-2)28(17-26)19-36/h11,14-18,20,22-25,29H,3-10,12-13,21H2,1-2H3,(H,37,42). The molecule has 3 fully saturated rings. The topological polar surface area (TPSA) is 117 Å². The predicted molar refractivity (Wildman–Crippen MR) is 173 cm³/mol. The van der Waals surface area contributed by atoms with Gasteiger partial charge in [-0.1, -0.05) is 6.07 Å². The van der Waals surface area contributed by atoms with Crippen molar-refractivity contribution in [2.45, 2.75) is 82.1 Å². The number of rotatable bonds is 9. The molecule has 6 rings (SSSR count). The minimum absolute atomic E-state index is 0.108. The number of nitrogens with one attached hydrogen (secondary N) is 1. The molecule has 3 aromatic rings. The maximum Gasteiger partial charge on any atom is 0.407 e. The van der Waals surface area contributed by atoms with E-state index in [0.717, 1.165) is 36.1 Å². The van der Waals surface area contributed by atoms with Gasteiger partial charge in [0.15, 0.2) is 0 Å². The Hall–Kier alpha value is -3.97. The van der Waals surface area contributed by atoms with Crippen LogP contribution in [-0.4, -0.2) is 48.8 Å². The first kappa shape index (κ1) is 31.0. The van der Waals surface area contributed by atoms with Gasteiger partial charge in [-0.05, 0) is 111 Å². The van der Waals surface area contributed by atoms with Gasteiger partial charge in [-0.2, -0.15) is 5.26 Å². The van der Waals surface area contributed by atoms with Gasteiger partial charge < -0.3 is 14.8 Å². The van der Waals surface area contributed by atoms with Crippen LogP contribution in [0.4, 0.5) is 10.6 Å². The summed E-state index contributed by atoms with van der Waals surface area (Å²) in [5.74, 6) is 2.61. The molecule has 0 atom stereocenters. The van der Waals surface area contributed by atoms with E-state index in [4.69, 9.17) is 14.5 Å². The molecule has 0 bridgehead atoms. The molecule has 1 N–H and O–H groups in total. The second-order valence-electron chi connectivity index (χ2n) is 12.6. The number of aromatic nitrogens is 2. The molecular formula is C35H41N5O4S. The van der Waals surface area contributed by atoms with Gasteiger partial charge in [0.1, 0.15) is 23.7 Å². The summed E-state index contributed by atoms with van der Waals surface area (Å²) in [7, 11) is 3.15. The molecule has 10 heteroatoms. The fraction of sp³-hybridized carbons (Fsp3) is 0.514. The molecule has 45 heavy (non-hydrogen) atoms. The molecule has 3 aliphatic carbocycles. The molecule has 0 radical (unpaired) electrons. The molecule has 2 aromatic heterocycles. The second kappa shape index (κ2) is 14.0. The number of hydrogen-bond donors (Lipinski definition) is 1. The summed E-state index contributed by atoms with van der Waals surface area (Å²) in [6.45, 7) is 0.624. The van der Waals surface area contributed by atoms with Crippen LogP contribution >= 0.6 is 11.3 Å². The number of thiazole rings is 1. The third-order valence-corrected chi connectivity index (χ3v) is 10.8. The fourth-order valence-corrected chi connectivity index (χ4v) is 7.90. The highest BCUT2D eigenvalue weighted by Gasteiger charge is 2.34. The van der Waals surface area contributed by atoms with Crippen LogP contribution in [0.5, 0.6) is 5.75 Å². The number of methoxy groups -OCH3 is 1. The summed E-state index contributed by atoms with van der Waals surface area (Å²) in [4.78, 5) is 38.4. The van der Waals surface area contributed by atoms with Gasteiger partial charge in [-0.25, -0.2) is 14.8 Å². The van der Waals surface area contributed by atoms with E-state index < -0.39 is 6.09 Å². The van der Waals surface area contributed by atoms with Gasteiger partial charge in [-0.3, -0.25) is 9.69 Å². The zero-order valence-corrected chi connectivity index (χ0v) is 26.9. The number of hydrogen-bond acceptors (Lipinski definition) is 8. The molecule has 0 aliphatic heterocycles. The molecule has 1 aromatic carbocycles. The molecule has 3 saturated carbocycles. The Bertz CT molecular complexity index is 1550. The van der Waals surface area contributed by atoms with Crippen molar-refractivity contribution in [1.29, 1.82) is 5.26 Å². The van der Waals surface area contributed by atoms with Crippen LogP contribution in [0.25, 0.3) is 10.4 Å². The highest BCUT2D eigenvalue weighted by atomic mass is 32.1. The predicted octanol–water partition coefficient (Wildman–Crippen LogP) is 7.18. The maximum absolute atomic E-state index is 14.2. The van der Waals surface area contributed by atoms with Crippen molar-refractivity contribution < 1.29 is 19.1 Å². The van der Waals surface area contributed by atoms with E-state index in [1.807, 2.05) is 35.5 Å². The van der Waals surface area contributed by atoms with Crippen molar-refractivity contribution in [1.82, 2.24) is 15.3 Å². The van der Waals surface area contributed by atoms with Crippen LogP contribution < -0.4 is 15.0 Å². The Kier molecular flexibility index (Phi) is 9.64. The number of nitriles is 1. The van der Waals surface area contributed by atoms with E-state index in [9.17, 15) is 14.9 Å². The Labute approximate surface area is 269 Å². The van der Waals surface area contributed by atoms with Crippen LogP contribution in [-0.2, 0) is 9.53 Å². The molecule has 3 aliphatic rings. The second-order valence-corrected chi connectivity index (χ2v) is 13.7. The van der Waals surface area contributed by atoms with Crippen molar-refractivity contribution in [2.24, 2.45) is 11.8 Å². The first-order valence-electron chi connectivity index (χ1n) is 16.2. The lowest BCUT2D eigenvalue weighted by Gasteiger charge is -2.35. The zero-order chi connectivity index (χ0) is 31.3. The largest absolute Gasteiger partial charge is 0.495 e. The molecular weight excluding hydrogens is 586 g/mol. The SMILES string of the molecule is CNC(=O)OC1CCC(C(=O)N(CC2CCC(c3ccc(OC)c(C#N)c3)CC2)c2cc(-c3cnc(C4CC4)s3)ccn2)CC1. The smallest absolute Gasteiger partial charge is 0.407 e. The summed E-state index contributed by atoms with van der Waals surface area (Å²) in [5.41, 5.74) is 2.79. The third-order valence-electron chi connectivity index (χ3n) is 9.63. The van der Waals surface area contributed by atoms with E-state index in [2.05, 4.69) is 28.5 Å². The molecule has 2 amide bonds. The number of alkyl carbamates (subject to hydrolysis) is 1. The van der Waals surface area contributed by atoms with Gasteiger partial charge in [0.2, 0.25) is 5.91 Å². The van der Waals surface area contributed by atoms with Gasteiger partial charge in [0.05, 0.1) is 22.6 Å². The first-order valence-corrected chi connectivity index (χ1v) is 17.0. The lowest BCUT2D eigenvalue weighted by atomic mass is 9.78. The summed E-state index contributed by atoms with van der Waals surface area (Å²) < 4.78 is 10.8. The van der Waals surface area contributed by atoms with Gasteiger partial charge >= 0.3 is 6.09 Å². The molecule has 9 nitrogen and oxygen atoms in total. The number of anilines is 1. The molecule has 0 unspecified atom stereocenters. The number of nitrogens with zero attached hydrogens (tertiary/aromatic N) is 4.